The minimum atomic E-state index is -4.55. The molecule has 0 saturated carbocycles. The van der Waals surface area contributed by atoms with Crippen molar-refractivity contribution in [2.75, 3.05) is 20.2 Å². The fraction of sp³-hybridized carbons (Fsp3) is 0.583. The molecule has 1 fully saturated rings. The normalized spacial score (nSPS) is 24.2. The number of ether oxygens (including phenoxy) is 1. The Morgan fingerprint density at radius 3 is 2.86 bits per heavy atom. The van der Waals surface area contributed by atoms with Crippen LogP contribution in [0.3, 0.4) is 0 Å². The number of halogens is 3. The zero-order chi connectivity index (χ0) is 26.3. The summed E-state index contributed by atoms with van der Waals surface area (Å²) in [6.45, 7) is 1.91. The molecule has 2 aromatic rings. The van der Waals surface area contributed by atoms with E-state index in [0.717, 1.165) is 5.56 Å². The minimum absolute atomic E-state index is 0.0297. The Balaban J connectivity index is 1.53. The number of hydrogen-bond acceptors (Lipinski definition) is 7. The number of nitrogens with one attached hydrogen (secondary N) is 1. The third-order valence-electron chi connectivity index (χ3n) is 6.89. The fourth-order valence-corrected chi connectivity index (χ4v) is 6.53. The van der Waals surface area contributed by atoms with Gasteiger partial charge in [0, 0.05) is 48.8 Å². The first-order chi connectivity index (χ1) is 16.9. The maximum Gasteiger partial charge on any atom is 0.425 e. The van der Waals surface area contributed by atoms with Gasteiger partial charge < -0.3 is 20.3 Å². The number of terminal acetylenes is 1. The van der Waals surface area contributed by atoms with Crippen LogP contribution in [0.25, 0.3) is 0 Å². The smallest absolute Gasteiger partial charge is 0.392 e. The average molecular weight is 527 g/mol. The molecule has 1 amide bonds. The van der Waals surface area contributed by atoms with Gasteiger partial charge in [-0.25, -0.2) is 0 Å². The molecule has 2 aliphatic heterocycles. The van der Waals surface area contributed by atoms with Crippen molar-refractivity contribution in [1.82, 2.24) is 20.0 Å². The maximum absolute atomic E-state index is 13.7. The first-order valence-corrected chi connectivity index (χ1v) is 12.4. The molecule has 8 nitrogen and oxygen atoms in total. The van der Waals surface area contributed by atoms with E-state index in [-0.39, 0.29) is 18.7 Å². The van der Waals surface area contributed by atoms with Crippen LogP contribution in [0.4, 0.5) is 13.2 Å². The van der Waals surface area contributed by atoms with Gasteiger partial charge in [0.25, 0.3) is 5.91 Å². The molecule has 3 atom stereocenters. The molecule has 12 heteroatoms. The van der Waals surface area contributed by atoms with Crippen molar-refractivity contribution in [3.63, 3.8) is 0 Å². The molecule has 2 aliphatic rings. The van der Waals surface area contributed by atoms with Crippen LogP contribution in [0.2, 0.25) is 0 Å². The van der Waals surface area contributed by atoms with Crippen molar-refractivity contribution in [1.29, 1.82) is 0 Å². The van der Waals surface area contributed by atoms with Gasteiger partial charge in [0.15, 0.2) is 5.60 Å². The third-order valence-corrected chi connectivity index (χ3v) is 8.40. The second-order valence-electron chi connectivity index (χ2n) is 9.47. The van der Waals surface area contributed by atoms with Gasteiger partial charge in [-0.15, -0.1) is 17.8 Å². The number of nitrogens with zero attached hydrogens (tertiary/aromatic N) is 3. The van der Waals surface area contributed by atoms with Gasteiger partial charge in [0.05, 0.1) is 32.0 Å². The van der Waals surface area contributed by atoms with Crippen LogP contribution in [0.1, 0.15) is 46.2 Å². The lowest BCUT2D eigenvalue weighted by atomic mass is 9.81. The Kier molecular flexibility index (Phi) is 7.24. The van der Waals surface area contributed by atoms with Crippen LogP contribution in [0, 0.1) is 12.3 Å². The average Bonchev–Trinajstić information content (AvgIpc) is 3.44. The van der Waals surface area contributed by atoms with E-state index in [2.05, 4.69) is 16.3 Å². The number of fused-ring (bicyclic) bond motifs is 2. The van der Waals surface area contributed by atoms with Gasteiger partial charge >= 0.3 is 6.18 Å². The summed E-state index contributed by atoms with van der Waals surface area (Å²) in [4.78, 5) is 13.7. The lowest BCUT2D eigenvalue weighted by Crippen LogP contribution is -2.50. The van der Waals surface area contributed by atoms with E-state index in [9.17, 15) is 28.2 Å². The fourth-order valence-electron chi connectivity index (χ4n) is 5.12. The van der Waals surface area contributed by atoms with E-state index >= 15 is 0 Å². The molecule has 4 rings (SSSR count). The van der Waals surface area contributed by atoms with Crippen LogP contribution < -0.4 is 5.32 Å². The molecular formula is C24H29F3N4O4S. The van der Waals surface area contributed by atoms with E-state index in [1.54, 1.807) is 12.4 Å². The number of thiophene rings is 1. The molecule has 1 spiro atoms. The second-order valence-corrected chi connectivity index (χ2v) is 10.5. The number of likely N-dealkylation sites (tertiary alicyclic amines) is 1. The number of amides is 1. The molecule has 36 heavy (non-hydrogen) atoms. The molecule has 0 radical (unpaired) electrons. The summed E-state index contributed by atoms with van der Waals surface area (Å²) in [5.41, 5.74) is -1.24. The van der Waals surface area contributed by atoms with Crippen molar-refractivity contribution in [2.24, 2.45) is 0 Å². The van der Waals surface area contributed by atoms with Crippen LogP contribution in [-0.4, -0.2) is 62.6 Å². The molecule has 0 aromatic carbocycles. The molecule has 0 bridgehead atoms. The Labute approximate surface area is 211 Å². The Morgan fingerprint density at radius 1 is 1.47 bits per heavy atom. The highest BCUT2D eigenvalue weighted by molar-refractivity contribution is 7.12. The zero-order valence-electron chi connectivity index (χ0n) is 20.1. The van der Waals surface area contributed by atoms with E-state index < -0.39 is 40.8 Å². The van der Waals surface area contributed by atoms with Crippen LogP contribution in [0.15, 0.2) is 12.4 Å². The van der Waals surface area contributed by atoms with Gasteiger partial charge in [-0.2, -0.15) is 18.3 Å². The highest BCUT2D eigenvalue weighted by atomic mass is 32.1. The zero-order valence-corrected chi connectivity index (χ0v) is 20.9. The molecule has 196 valence electrons. The Bertz CT molecular complexity index is 1170. The SMILES string of the molecule is C#C[C@H]1C[C@@]2(CCN1Cc1cnn(CC(C)(O)C(=O)NC)c1)OCCc1c2sc(C(F)(F)F)c1CO. The molecular weight excluding hydrogens is 497 g/mol. The standard InChI is InChI=1S/C24H29F3N4O4S/c1-4-16-9-23(19-17(5-8-35-23)18(13-32)20(36-19)24(25,26)27)6-7-30(16)11-15-10-29-31(12-15)14-22(2,34)21(33)28-3/h1,10,12,16,32,34H,5-9,11,13-14H2,2-3H3,(H,28,33)/t16-,22?,23+/m0/s1. The summed E-state index contributed by atoms with van der Waals surface area (Å²) in [6, 6.07) is -0.393. The summed E-state index contributed by atoms with van der Waals surface area (Å²) in [7, 11) is 1.44. The van der Waals surface area contributed by atoms with Crippen molar-refractivity contribution in [2.45, 2.75) is 69.3 Å². The van der Waals surface area contributed by atoms with Crippen LogP contribution in [0.5, 0.6) is 0 Å². The van der Waals surface area contributed by atoms with Gasteiger partial charge in [-0.1, -0.05) is 5.92 Å². The number of carbonyl (C=O) groups is 1. The summed E-state index contributed by atoms with van der Waals surface area (Å²) in [6.07, 6.45) is 5.79. The van der Waals surface area contributed by atoms with Crippen LogP contribution in [-0.2, 0) is 47.4 Å². The highest BCUT2D eigenvalue weighted by Crippen LogP contribution is 2.51. The predicted octanol–water partition coefficient (Wildman–Crippen LogP) is 2.02. The first-order valence-electron chi connectivity index (χ1n) is 11.6. The Hall–Kier alpha value is -2.43. The molecule has 0 aliphatic carbocycles. The molecule has 1 saturated heterocycles. The van der Waals surface area contributed by atoms with E-state index in [1.165, 1.54) is 18.7 Å². The number of rotatable bonds is 6. The summed E-state index contributed by atoms with van der Waals surface area (Å²) < 4.78 is 48.6. The third kappa shape index (κ3) is 4.90. The van der Waals surface area contributed by atoms with Gasteiger partial charge in [0.1, 0.15) is 10.5 Å². The summed E-state index contributed by atoms with van der Waals surface area (Å²) in [5, 5.41) is 26.7. The second kappa shape index (κ2) is 9.79. The predicted molar refractivity (Wildman–Crippen MR) is 126 cm³/mol. The lowest BCUT2D eigenvalue weighted by Gasteiger charge is -2.46. The molecule has 1 unspecified atom stereocenters. The number of hydrogen-bond donors (Lipinski definition) is 3. The molecule has 3 N–H and O–H groups in total. The van der Waals surface area contributed by atoms with E-state index in [0.29, 0.717) is 54.1 Å². The van der Waals surface area contributed by atoms with Gasteiger partial charge in [0.2, 0.25) is 0 Å². The number of aliphatic hydroxyl groups is 2. The molecule has 2 aromatic heterocycles. The minimum Gasteiger partial charge on any atom is -0.392 e. The van der Waals surface area contributed by atoms with Crippen molar-refractivity contribution < 1.29 is 32.9 Å². The van der Waals surface area contributed by atoms with Crippen LogP contribution >= 0.6 is 11.3 Å². The van der Waals surface area contributed by atoms with Crippen molar-refractivity contribution in [3.05, 3.63) is 38.8 Å². The van der Waals surface area contributed by atoms with E-state index in [4.69, 9.17) is 11.2 Å². The van der Waals surface area contributed by atoms with E-state index in [1.807, 2.05) is 4.90 Å². The quantitative estimate of drug-likeness (QED) is 0.498. The van der Waals surface area contributed by atoms with Gasteiger partial charge in [-0.05, 0) is 25.3 Å². The molecule has 4 heterocycles. The largest absolute Gasteiger partial charge is 0.425 e. The number of piperidine rings is 1. The van der Waals surface area contributed by atoms with Gasteiger partial charge in [-0.3, -0.25) is 14.4 Å². The highest BCUT2D eigenvalue weighted by Gasteiger charge is 2.49. The number of alkyl halides is 3. The monoisotopic (exact) mass is 526 g/mol. The number of aliphatic hydroxyl groups excluding tert-OH is 1. The van der Waals surface area contributed by atoms with Crippen molar-refractivity contribution in [3.8, 4) is 12.3 Å². The topological polar surface area (TPSA) is 99.9 Å². The summed E-state index contributed by atoms with van der Waals surface area (Å²) in [5.74, 6) is 2.25. The Morgan fingerprint density at radius 2 is 2.22 bits per heavy atom. The first kappa shape index (κ1) is 26.6. The van der Waals surface area contributed by atoms with Crippen molar-refractivity contribution >= 4 is 17.2 Å². The number of carbonyl (C=O) groups excluding carboxylic acids is 1. The summed E-state index contributed by atoms with van der Waals surface area (Å²) >= 11 is 0.662. The lowest BCUT2D eigenvalue weighted by molar-refractivity contribution is -0.139. The maximum atomic E-state index is 13.7. The number of likely N-dealkylation sites (N-methyl/N-ethyl adjacent to an activating group) is 1. The number of aromatic nitrogens is 2.